The maximum Gasteiger partial charge on any atom is 0.305 e. The van der Waals surface area contributed by atoms with Crippen molar-refractivity contribution in [2.24, 2.45) is 98.6 Å². The second-order valence-electron chi connectivity index (χ2n) is 23.9. The van der Waals surface area contributed by atoms with E-state index in [-0.39, 0.29) is 59.7 Å². The maximum atomic E-state index is 12.9. The lowest BCUT2D eigenvalue weighted by Crippen LogP contribution is -2.61. The van der Waals surface area contributed by atoms with Crippen molar-refractivity contribution in [1.29, 1.82) is 0 Å². The SMILES string of the molecule is CC[C@H]1[C@@H](O)C2C3CC[C@H]([C@H](C)CCC(=O)OCCOC(=O)CC[C@@H](C)[C@H]4CCC5C6C(CC[C@@]54C)[C@@]4(C)CC[C@@H](O)C[C@H]4C[C@@H]6O)[C@@]3(C)CCC2[C@@]2(C)CCCC[C@@H]12. The van der Waals surface area contributed by atoms with E-state index in [1.54, 1.807) is 0 Å². The standard InChI is InChI=1S/C52H86O7/c1-8-35-38-11-9-10-23-50(38,5)42-22-26-52(7)37(15-17-40(52)47(42)48(35)57)32(3)13-19-45(56)59-28-27-58-44(55)18-12-31(2)36-14-16-39-46-41(21-25-51(36,39)6)49(4)24-20-34(53)29-33(49)30-43(46)54/h31-43,46-48,53-54,57H,8-30H2,1-7H3/t31-,32-,33+,34-,35-,36-,37-,38+,39?,40?,41?,42?,43+,46?,47?,48-,49+,50+,51-,52-/m1/s1. The van der Waals surface area contributed by atoms with Crippen molar-refractivity contribution in [2.75, 3.05) is 13.2 Å². The van der Waals surface area contributed by atoms with E-state index >= 15 is 0 Å². The van der Waals surface area contributed by atoms with E-state index in [4.69, 9.17) is 9.47 Å². The number of aliphatic hydroxyl groups excluding tert-OH is 3. The predicted octanol–water partition coefficient (Wildman–Crippen LogP) is 10.6. The monoisotopic (exact) mass is 823 g/mol. The molecular weight excluding hydrogens is 737 g/mol. The van der Waals surface area contributed by atoms with Crippen LogP contribution in [0.25, 0.3) is 0 Å². The molecule has 0 spiro atoms. The molecular formula is C52H86O7. The lowest BCUT2D eigenvalue weighted by molar-refractivity contribution is -0.194. The minimum absolute atomic E-state index is 0.112. The molecule has 8 fully saturated rings. The van der Waals surface area contributed by atoms with Gasteiger partial charge >= 0.3 is 11.9 Å². The largest absolute Gasteiger partial charge is 0.462 e. The molecule has 0 aliphatic heterocycles. The summed E-state index contributed by atoms with van der Waals surface area (Å²) in [5.41, 5.74) is 1.04. The van der Waals surface area contributed by atoms with Gasteiger partial charge < -0.3 is 24.8 Å². The highest BCUT2D eigenvalue weighted by Gasteiger charge is 2.65. The molecule has 6 unspecified atom stereocenters. The van der Waals surface area contributed by atoms with Crippen LogP contribution in [-0.4, -0.2) is 58.8 Å². The van der Waals surface area contributed by atoms with Crippen molar-refractivity contribution in [3.05, 3.63) is 0 Å². The van der Waals surface area contributed by atoms with Gasteiger partial charge in [0.2, 0.25) is 0 Å². The van der Waals surface area contributed by atoms with Gasteiger partial charge in [0.1, 0.15) is 13.2 Å². The zero-order chi connectivity index (χ0) is 42.1. The van der Waals surface area contributed by atoms with Crippen molar-refractivity contribution in [1.82, 2.24) is 0 Å². The number of carbonyl (C=O) groups excluding carboxylic acids is 2. The Bertz CT molecular complexity index is 1500. The topological polar surface area (TPSA) is 113 Å². The molecule has 7 heteroatoms. The van der Waals surface area contributed by atoms with Gasteiger partial charge in [-0.2, -0.15) is 0 Å². The van der Waals surface area contributed by atoms with E-state index in [1.807, 2.05) is 0 Å². The summed E-state index contributed by atoms with van der Waals surface area (Å²) >= 11 is 0. The molecule has 0 aromatic rings. The van der Waals surface area contributed by atoms with Crippen LogP contribution in [0.15, 0.2) is 0 Å². The van der Waals surface area contributed by atoms with Gasteiger partial charge in [-0.1, -0.05) is 67.7 Å². The number of carbonyl (C=O) groups is 2. The zero-order valence-electron chi connectivity index (χ0n) is 38.5. The molecule has 20 atom stereocenters. The molecule has 0 aromatic heterocycles. The average Bonchev–Trinajstić information content (AvgIpc) is 3.75. The smallest absolute Gasteiger partial charge is 0.305 e. The van der Waals surface area contributed by atoms with E-state index in [2.05, 4.69) is 48.5 Å². The number of hydrogen-bond acceptors (Lipinski definition) is 7. The Hall–Kier alpha value is -1.18. The number of aliphatic hydroxyl groups is 3. The summed E-state index contributed by atoms with van der Waals surface area (Å²) in [5, 5.41) is 34.1. The van der Waals surface area contributed by atoms with Crippen LogP contribution in [0.1, 0.15) is 183 Å². The van der Waals surface area contributed by atoms with Gasteiger partial charge in [0, 0.05) is 12.8 Å². The maximum absolute atomic E-state index is 12.9. The number of hydrogen-bond donors (Lipinski definition) is 3. The van der Waals surface area contributed by atoms with Crippen molar-refractivity contribution in [2.45, 2.75) is 202 Å². The van der Waals surface area contributed by atoms with E-state index in [0.717, 1.165) is 44.9 Å². The Morgan fingerprint density at radius 1 is 0.593 bits per heavy atom. The van der Waals surface area contributed by atoms with Crippen molar-refractivity contribution in [3.63, 3.8) is 0 Å². The minimum atomic E-state index is -0.267. The first-order valence-electron chi connectivity index (χ1n) is 25.4. The van der Waals surface area contributed by atoms with Crippen molar-refractivity contribution in [3.8, 4) is 0 Å². The van der Waals surface area contributed by atoms with Crippen LogP contribution in [0.2, 0.25) is 0 Å². The second-order valence-corrected chi connectivity index (χ2v) is 23.9. The third-order valence-corrected chi connectivity index (χ3v) is 21.7. The van der Waals surface area contributed by atoms with Crippen LogP contribution in [-0.2, 0) is 19.1 Å². The van der Waals surface area contributed by atoms with E-state index < -0.39 is 0 Å². The molecule has 0 radical (unpaired) electrons. The molecule has 7 nitrogen and oxygen atoms in total. The molecule has 8 rings (SSSR count). The van der Waals surface area contributed by atoms with Crippen LogP contribution in [0.5, 0.6) is 0 Å². The fraction of sp³-hybridized carbons (Fsp3) is 0.962. The summed E-state index contributed by atoms with van der Waals surface area (Å²) in [6.45, 7) is 17.3. The third kappa shape index (κ3) is 7.61. The summed E-state index contributed by atoms with van der Waals surface area (Å²) in [7, 11) is 0. The van der Waals surface area contributed by atoms with E-state index in [9.17, 15) is 24.9 Å². The zero-order valence-corrected chi connectivity index (χ0v) is 38.5. The Morgan fingerprint density at radius 3 is 1.69 bits per heavy atom. The average molecular weight is 823 g/mol. The lowest BCUT2D eigenvalue weighted by Gasteiger charge is -2.64. The quantitative estimate of drug-likeness (QED) is 0.133. The molecule has 0 aromatic carbocycles. The Balaban J connectivity index is 0.754. The number of rotatable bonds is 12. The van der Waals surface area contributed by atoms with Crippen LogP contribution >= 0.6 is 0 Å². The van der Waals surface area contributed by atoms with Gasteiger partial charge in [0.15, 0.2) is 0 Å². The normalized spacial score (nSPS) is 49.9. The molecule has 8 aliphatic rings. The van der Waals surface area contributed by atoms with Gasteiger partial charge in [-0.15, -0.1) is 0 Å². The predicted molar refractivity (Wildman–Crippen MR) is 232 cm³/mol. The number of fused-ring (bicyclic) bond motifs is 10. The summed E-state index contributed by atoms with van der Waals surface area (Å²) in [5.74, 6) is 6.20. The van der Waals surface area contributed by atoms with Crippen LogP contribution < -0.4 is 0 Å². The highest BCUT2D eigenvalue weighted by molar-refractivity contribution is 5.70. The summed E-state index contributed by atoms with van der Waals surface area (Å²) in [4.78, 5) is 25.8. The molecule has 336 valence electrons. The van der Waals surface area contributed by atoms with E-state index in [0.29, 0.717) is 95.2 Å². The molecule has 3 N–H and O–H groups in total. The first-order chi connectivity index (χ1) is 28.1. The number of ether oxygens (including phenoxy) is 2. The van der Waals surface area contributed by atoms with Gasteiger partial charge in [-0.25, -0.2) is 0 Å². The summed E-state index contributed by atoms with van der Waals surface area (Å²) in [6, 6.07) is 0. The van der Waals surface area contributed by atoms with Gasteiger partial charge in [0.05, 0.1) is 18.3 Å². The molecule has 0 amide bonds. The molecule has 0 saturated heterocycles. The van der Waals surface area contributed by atoms with E-state index in [1.165, 1.54) is 77.0 Å². The lowest BCUT2D eigenvalue weighted by atomic mass is 9.41. The van der Waals surface area contributed by atoms with Crippen LogP contribution in [0, 0.1) is 98.6 Å². The van der Waals surface area contributed by atoms with Crippen LogP contribution in [0.3, 0.4) is 0 Å². The van der Waals surface area contributed by atoms with Crippen molar-refractivity contribution < 1.29 is 34.4 Å². The molecule has 8 aliphatic carbocycles. The molecule has 0 heterocycles. The van der Waals surface area contributed by atoms with Gasteiger partial charge in [-0.05, 0) is 201 Å². The minimum Gasteiger partial charge on any atom is -0.462 e. The first-order valence-corrected chi connectivity index (χ1v) is 25.4. The Morgan fingerprint density at radius 2 is 1.12 bits per heavy atom. The van der Waals surface area contributed by atoms with Gasteiger partial charge in [-0.3, -0.25) is 9.59 Å². The molecule has 0 bridgehead atoms. The Kier molecular flexibility index (Phi) is 12.9. The molecule has 8 saturated carbocycles. The highest BCUT2D eigenvalue weighted by atomic mass is 16.6. The van der Waals surface area contributed by atoms with Crippen LogP contribution in [0.4, 0.5) is 0 Å². The molecule has 59 heavy (non-hydrogen) atoms. The van der Waals surface area contributed by atoms with Crippen molar-refractivity contribution >= 4 is 11.9 Å². The summed E-state index contributed by atoms with van der Waals surface area (Å²) < 4.78 is 11.2. The third-order valence-electron chi connectivity index (χ3n) is 21.7. The fourth-order valence-corrected chi connectivity index (χ4v) is 18.7. The Labute approximate surface area is 358 Å². The summed E-state index contributed by atoms with van der Waals surface area (Å²) in [6.07, 6.45) is 21.5. The first kappa shape index (κ1) is 44.4. The fourth-order valence-electron chi connectivity index (χ4n) is 18.7. The number of esters is 2. The highest BCUT2D eigenvalue weighted by Crippen LogP contribution is 2.71. The second kappa shape index (κ2) is 17.1. The van der Waals surface area contributed by atoms with Gasteiger partial charge in [0.25, 0.3) is 0 Å².